The molecule has 2 rings (SSSR count). The van der Waals surface area contributed by atoms with E-state index in [1.54, 1.807) is 24.5 Å². The van der Waals surface area contributed by atoms with Gasteiger partial charge in [0.25, 0.3) is 5.56 Å². The number of hydrogen-bond donors (Lipinski definition) is 2. The Morgan fingerprint density at radius 2 is 2.09 bits per heavy atom. The van der Waals surface area contributed by atoms with Gasteiger partial charge in [0, 0.05) is 43.2 Å². The van der Waals surface area contributed by atoms with Crippen molar-refractivity contribution >= 4 is 5.91 Å². The quantitative estimate of drug-likeness (QED) is 0.766. The minimum Gasteiger partial charge on any atom is -0.396 e. The second-order valence-corrected chi connectivity index (χ2v) is 5.04. The number of nitrogens with one attached hydrogen (secondary N) is 1. The molecule has 0 saturated carbocycles. The molecular weight excluding hydrogens is 282 g/mol. The van der Waals surface area contributed by atoms with Crippen LogP contribution in [0.2, 0.25) is 0 Å². The lowest BCUT2D eigenvalue weighted by Crippen LogP contribution is -2.36. The summed E-state index contributed by atoms with van der Waals surface area (Å²) in [6.45, 7) is 0.275. The van der Waals surface area contributed by atoms with Gasteiger partial charge in [0.1, 0.15) is 6.54 Å². The molecule has 0 saturated heterocycles. The number of amides is 1. The zero-order chi connectivity index (χ0) is 15.8. The van der Waals surface area contributed by atoms with Crippen LogP contribution in [0.1, 0.15) is 5.69 Å². The van der Waals surface area contributed by atoms with E-state index >= 15 is 0 Å². The highest BCUT2D eigenvalue weighted by atomic mass is 16.3. The van der Waals surface area contributed by atoms with Crippen molar-refractivity contribution < 1.29 is 9.90 Å². The lowest BCUT2D eigenvalue weighted by Gasteiger charge is -2.15. The van der Waals surface area contributed by atoms with E-state index in [1.807, 2.05) is 18.2 Å². The van der Waals surface area contributed by atoms with Crippen molar-refractivity contribution in [2.75, 3.05) is 13.2 Å². The van der Waals surface area contributed by atoms with Crippen LogP contribution >= 0.6 is 0 Å². The molecule has 0 fully saturated rings. The number of aromatic nitrogens is 2. The first-order valence-electron chi connectivity index (χ1n) is 7.12. The predicted octanol–water partition coefficient (Wildman–Crippen LogP) is 0.211. The molecule has 22 heavy (non-hydrogen) atoms. The van der Waals surface area contributed by atoms with Gasteiger partial charge in [0.2, 0.25) is 5.91 Å². The number of hydrogen-bond acceptors (Lipinski definition) is 4. The molecule has 6 heteroatoms. The molecule has 2 heterocycles. The molecule has 0 radical (unpaired) electrons. The topological polar surface area (TPSA) is 84.2 Å². The number of carbonyl (C=O) groups is 1. The number of nitrogens with zero attached hydrogens (tertiary/aromatic N) is 2. The molecule has 0 aliphatic carbocycles. The number of pyridine rings is 2. The van der Waals surface area contributed by atoms with Gasteiger partial charge in [-0.2, -0.15) is 0 Å². The molecule has 6 nitrogen and oxygen atoms in total. The smallest absolute Gasteiger partial charge is 0.250 e. The van der Waals surface area contributed by atoms with E-state index < -0.39 is 0 Å². The molecule has 1 atom stereocenters. The van der Waals surface area contributed by atoms with Gasteiger partial charge in [0.15, 0.2) is 0 Å². The van der Waals surface area contributed by atoms with E-state index in [2.05, 4.69) is 10.3 Å². The van der Waals surface area contributed by atoms with Gasteiger partial charge in [-0.05, 0) is 24.6 Å². The maximum atomic E-state index is 11.9. The third-order valence-electron chi connectivity index (χ3n) is 3.28. The highest BCUT2D eigenvalue weighted by Gasteiger charge is 2.11. The summed E-state index contributed by atoms with van der Waals surface area (Å²) in [4.78, 5) is 27.6. The third kappa shape index (κ3) is 4.82. The van der Waals surface area contributed by atoms with Crippen LogP contribution in [0.4, 0.5) is 0 Å². The molecule has 116 valence electrons. The van der Waals surface area contributed by atoms with E-state index in [0.717, 1.165) is 5.69 Å². The van der Waals surface area contributed by atoms with E-state index in [0.29, 0.717) is 13.0 Å². The van der Waals surface area contributed by atoms with Gasteiger partial charge in [-0.3, -0.25) is 14.6 Å². The number of carbonyl (C=O) groups excluding carboxylic acids is 1. The zero-order valence-corrected chi connectivity index (χ0v) is 12.2. The minimum absolute atomic E-state index is 0.0264. The van der Waals surface area contributed by atoms with Crippen LogP contribution in [0.5, 0.6) is 0 Å². The Morgan fingerprint density at radius 3 is 2.77 bits per heavy atom. The second kappa shape index (κ2) is 8.09. The highest BCUT2D eigenvalue weighted by molar-refractivity contribution is 5.75. The number of aliphatic hydroxyl groups is 1. The van der Waals surface area contributed by atoms with Crippen LogP contribution in [-0.4, -0.2) is 33.7 Å². The van der Waals surface area contributed by atoms with E-state index in [4.69, 9.17) is 0 Å². The fourth-order valence-electron chi connectivity index (χ4n) is 2.08. The summed E-state index contributed by atoms with van der Waals surface area (Å²) in [5, 5.41) is 12.1. The van der Waals surface area contributed by atoms with Gasteiger partial charge >= 0.3 is 0 Å². The van der Waals surface area contributed by atoms with Crippen LogP contribution in [0.3, 0.4) is 0 Å². The monoisotopic (exact) mass is 301 g/mol. The Morgan fingerprint density at radius 1 is 1.27 bits per heavy atom. The van der Waals surface area contributed by atoms with Gasteiger partial charge < -0.3 is 15.0 Å². The van der Waals surface area contributed by atoms with Crippen LogP contribution < -0.4 is 10.9 Å². The molecule has 0 spiro atoms. The Hall–Kier alpha value is -2.47. The Kier molecular flexibility index (Phi) is 5.85. The SMILES string of the molecule is O=C(Cn1ccccc1=O)NCC(CO)Cc1ccccn1. The van der Waals surface area contributed by atoms with Gasteiger partial charge in [-0.1, -0.05) is 12.1 Å². The molecule has 0 aromatic carbocycles. The summed E-state index contributed by atoms with van der Waals surface area (Å²) >= 11 is 0. The number of rotatable bonds is 7. The van der Waals surface area contributed by atoms with Gasteiger partial charge in [-0.15, -0.1) is 0 Å². The van der Waals surface area contributed by atoms with Crippen molar-refractivity contribution in [3.05, 3.63) is 64.8 Å². The zero-order valence-electron chi connectivity index (χ0n) is 12.2. The van der Waals surface area contributed by atoms with Crippen molar-refractivity contribution in [1.82, 2.24) is 14.9 Å². The summed E-state index contributed by atoms with van der Waals surface area (Å²) in [5.41, 5.74) is 0.653. The average Bonchev–Trinajstić information content (AvgIpc) is 2.54. The first-order valence-corrected chi connectivity index (χ1v) is 7.12. The fraction of sp³-hybridized carbons (Fsp3) is 0.312. The fourth-order valence-corrected chi connectivity index (χ4v) is 2.08. The molecular formula is C16H19N3O3. The molecule has 1 amide bonds. The lowest BCUT2D eigenvalue weighted by molar-refractivity contribution is -0.121. The van der Waals surface area contributed by atoms with Crippen LogP contribution in [-0.2, 0) is 17.8 Å². The van der Waals surface area contributed by atoms with Crippen molar-refractivity contribution in [3.63, 3.8) is 0 Å². The molecule has 1 unspecified atom stereocenters. The molecule has 0 aliphatic heterocycles. The Balaban J connectivity index is 1.84. The lowest BCUT2D eigenvalue weighted by atomic mass is 10.0. The third-order valence-corrected chi connectivity index (χ3v) is 3.28. The maximum Gasteiger partial charge on any atom is 0.250 e. The summed E-state index contributed by atoms with van der Waals surface area (Å²) < 4.78 is 1.34. The molecule has 2 N–H and O–H groups in total. The van der Waals surface area contributed by atoms with Crippen molar-refractivity contribution in [1.29, 1.82) is 0 Å². The van der Waals surface area contributed by atoms with Gasteiger partial charge in [0.05, 0.1) is 0 Å². The van der Waals surface area contributed by atoms with Crippen LogP contribution in [0.15, 0.2) is 53.6 Å². The van der Waals surface area contributed by atoms with Crippen LogP contribution in [0, 0.1) is 5.92 Å². The minimum atomic E-state index is -0.257. The highest BCUT2D eigenvalue weighted by Crippen LogP contribution is 2.04. The normalized spacial score (nSPS) is 11.9. The molecule has 2 aromatic rings. The van der Waals surface area contributed by atoms with E-state index in [-0.39, 0.29) is 30.5 Å². The predicted molar refractivity (Wildman–Crippen MR) is 82.2 cm³/mol. The molecule has 0 bridgehead atoms. The summed E-state index contributed by atoms with van der Waals surface area (Å²) in [6, 6.07) is 10.3. The Bertz CT molecular complexity index is 655. The van der Waals surface area contributed by atoms with Crippen molar-refractivity contribution in [2.45, 2.75) is 13.0 Å². The second-order valence-electron chi connectivity index (χ2n) is 5.04. The number of aliphatic hydroxyl groups excluding tert-OH is 1. The first kappa shape index (κ1) is 15.9. The standard InChI is InChI=1S/C16H19N3O3/c20-12-13(9-14-5-1-3-7-17-14)10-18-15(21)11-19-8-4-2-6-16(19)22/h1-8,13,20H,9-12H2,(H,18,21). The summed E-state index contributed by atoms with van der Waals surface area (Å²) in [6.07, 6.45) is 3.85. The van der Waals surface area contributed by atoms with E-state index in [1.165, 1.54) is 10.6 Å². The van der Waals surface area contributed by atoms with Crippen LogP contribution in [0.25, 0.3) is 0 Å². The average molecular weight is 301 g/mol. The summed E-state index contributed by atoms with van der Waals surface area (Å²) in [5.74, 6) is -0.362. The molecule has 0 aliphatic rings. The largest absolute Gasteiger partial charge is 0.396 e. The Labute approximate surface area is 128 Å². The maximum absolute atomic E-state index is 11.9. The van der Waals surface area contributed by atoms with Crippen molar-refractivity contribution in [3.8, 4) is 0 Å². The van der Waals surface area contributed by atoms with Crippen molar-refractivity contribution in [2.24, 2.45) is 5.92 Å². The molecule has 2 aromatic heterocycles. The summed E-state index contributed by atoms with van der Waals surface area (Å²) in [7, 11) is 0. The van der Waals surface area contributed by atoms with Gasteiger partial charge in [-0.25, -0.2) is 0 Å². The van der Waals surface area contributed by atoms with E-state index in [9.17, 15) is 14.7 Å². The first-order chi connectivity index (χ1) is 10.7.